The molecule has 1 N–H and O–H groups in total. The molecule has 0 saturated heterocycles. The summed E-state index contributed by atoms with van der Waals surface area (Å²) in [5, 5.41) is 6.65. The molecule has 5 rings (SSSR count). The van der Waals surface area contributed by atoms with Crippen LogP contribution in [0.3, 0.4) is 0 Å². The summed E-state index contributed by atoms with van der Waals surface area (Å²) in [5.74, 6) is -0.194. The van der Waals surface area contributed by atoms with Crippen molar-refractivity contribution in [1.82, 2.24) is 5.32 Å². The predicted molar refractivity (Wildman–Crippen MR) is 169 cm³/mol. The van der Waals surface area contributed by atoms with Crippen LogP contribution in [0.1, 0.15) is 15.9 Å². The van der Waals surface area contributed by atoms with Crippen LogP contribution >= 0.6 is 30.6 Å². The molecule has 0 aliphatic heterocycles. The molecule has 44 heavy (non-hydrogen) atoms. The van der Waals surface area contributed by atoms with Crippen LogP contribution in [0.4, 0.5) is 0 Å². The van der Waals surface area contributed by atoms with Gasteiger partial charge in [0.15, 0.2) is 7.26 Å². The van der Waals surface area contributed by atoms with Crippen LogP contribution in [0.25, 0.3) is 0 Å². The molecule has 0 saturated carbocycles. The number of nitrogens with one attached hydrogen (secondary N) is 1. The highest BCUT2D eigenvalue weighted by molar-refractivity contribution is 8.06. The maximum absolute atomic E-state index is 13.8. The lowest BCUT2D eigenvalue weighted by molar-refractivity contribution is -2.00. The van der Waals surface area contributed by atoms with E-state index in [0.29, 0.717) is 15.4 Å². The summed E-state index contributed by atoms with van der Waals surface area (Å²) >= 11 is 8.81. The molecule has 6 nitrogen and oxygen atoms in total. The van der Waals surface area contributed by atoms with Gasteiger partial charge in [-0.1, -0.05) is 114 Å². The summed E-state index contributed by atoms with van der Waals surface area (Å²) in [4.78, 5) is 14.8. The Kier molecular flexibility index (Phi) is 11.8. The Bertz CT molecular complexity index is 1570. The number of aryl methyl sites for hydroxylation is 1. The Hall–Kier alpha value is -3.49. The van der Waals surface area contributed by atoms with E-state index >= 15 is 0 Å². The minimum absolute atomic E-state index is 0.194. The highest BCUT2D eigenvalue weighted by Gasteiger charge is 2.52. The van der Waals surface area contributed by atoms with Gasteiger partial charge in [-0.25, -0.2) is 18.6 Å². The molecule has 5 aromatic rings. The molecule has 0 atom stereocenters. The maximum Gasteiger partial charge on any atom is 0.258 e. The lowest BCUT2D eigenvalue weighted by Crippen LogP contribution is -2.68. The van der Waals surface area contributed by atoms with Crippen LogP contribution in [-0.4, -0.2) is 5.91 Å². The van der Waals surface area contributed by atoms with Gasteiger partial charge in [0.25, 0.3) is 5.91 Å². The van der Waals surface area contributed by atoms with Gasteiger partial charge in [0.2, 0.25) is 5.44 Å². The third-order valence-corrected chi connectivity index (χ3v) is 12.3. The second-order valence-electron chi connectivity index (χ2n) is 9.41. The van der Waals surface area contributed by atoms with E-state index in [1.165, 1.54) is 17.3 Å². The van der Waals surface area contributed by atoms with E-state index < -0.39 is 17.5 Å². The first-order chi connectivity index (χ1) is 21.1. The molecule has 224 valence electrons. The van der Waals surface area contributed by atoms with E-state index in [1.54, 1.807) is 0 Å². The van der Waals surface area contributed by atoms with Crippen molar-refractivity contribution in [1.29, 1.82) is 0 Å². The van der Waals surface area contributed by atoms with Gasteiger partial charge in [-0.15, -0.1) is 10.2 Å². The highest BCUT2D eigenvalue weighted by Crippen LogP contribution is 2.64. The Balaban J connectivity index is 0.000000818. The molecule has 0 bridgehead atoms. The molecule has 1 amide bonds. The van der Waals surface area contributed by atoms with Gasteiger partial charge in [-0.2, -0.15) is 0 Å². The number of carbonyl (C=O) groups is 1. The third kappa shape index (κ3) is 8.79. The summed E-state index contributed by atoms with van der Waals surface area (Å²) in [7, 11) is -7.59. The Morgan fingerprint density at radius 1 is 0.636 bits per heavy atom. The number of halogens is 2. The summed E-state index contributed by atoms with van der Waals surface area (Å²) in [6, 6.07) is 48.8. The number of rotatable bonds is 8. The number of benzene rings is 5. The monoisotopic (exact) mass is 663 g/mol. The average molecular weight is 665 g/mol. The zero-order chi connectivity index (χ0) is 31.6. The zero-order valence-electron chi connectivity index (χ0n) is 23.5. The number of hydrogen-bond acceptors (Lipinski definition) is 6. The normalized spacial score (nSPS) is 12.0. The summed E-state index contributed by atoms with van der Waals surface area (Å²) in [6.45, 7) is 2.06. The van der Waals surface area contributed by atoms with E-state index in [2.05, 4.69) is 72.9 Å². The molecule has 0 spiro atoms. The van der Waals surface area contributed by atoms with Crippen molar-refractivity contribution < 1.29 is 33.7 Å². The fraction of sp³-hybridized carbons (Fsp3) is 0.0294. The largest absolute Gasteiger partial charge is 0.290 e. The molecule has 0 aliphatic rings. The van der Waals surface area contributed by atoms with Crippen molar-refractivity contribution in [3.05, 3.63) is 167 Å². The average Bonchev–Trinajstić information content (AvgIpc) is 3.03. The zero-order valence-corrected chi connectivity index (χ0v) is 26.7. The SMILES string of the molecule is Cc1ccc(S/C(Cl)=C(/NC(=O)c2ccccc2)[P+](c2ccccc2)(c2ccccc2)c2ccccc2)cc1.[O-][Cl+3]([O-])([O-])[O-]. The smallest absolute Gasteiger partial charge is 0.258 e. The Morgan fingerprint density at radius 2 is 1.00 bits per heavy atom. The van der Waals surface area contributed by atoms with Gasteiger partial charge in [0.1, 0.15) is 20.3 Å². The number of hydrogen-bond donors (Lipinski definition) is 1. The molecule has 0 fully saturated rings. The molecular weight excluding hydrogens is 636 g/mol. The van der Waals surface area contributed by atoms with Crippen molar-refractivity contribution in [2.45, 2.75) is 11.8 Å². The van der Waals surface area contributed by atoms with Crippen LogP contribution in [0.2, 0.25) is 0 Å². The first-order valence-corrected chi connectivity index (χ1v) is 17.5. The van der Waals surface area contributed by atoms with Gasteiger partial charge in [-0.3, -0.25) is 10.1 Å². The van der Waals surface area contributed by atoms with Crippen molar-refractivity contribution in [2.24, 2.45) is 0 Å². The minimum atomic E-state index is -4.94. The fourth-order valence-electron chi connectivity index (χ4n) is 4.58. The number of carbonyl (C=O) groups excluding carboxylic acids is 1. The molecule has 0 aliphatic carbocycles. The first-order valence-electron chi connectivity index (χ1n) is 13.3. The standard InChI is InChI=1S/C34H27ClNOPS.ClHO4/c1-26-22-24-31(25-23-26)39-32(35)34(36-33(37)27-14-6-2-7-15-27)38(28-16-8-3-9-17-28,29-18-10-4-11-19-29)30-20-12-5-13-21-30;2-1(3,4)5/h2-25H,1H3;(H,2,3,4,5)/b34-32-;. The summed E-state index contributed by atoms with van der Waals surface area (Å²) < 4.78 is 34.5. The molecular formula is C34H28Cl2NO5PS. The van der Waals surface area contributed by atoms with Crippen molar-refractivity contribution in [2.75, 3.05) is 0 Å². The topological polar surface area (TPSA) is 121 Å². The minimum Gasteiger partial charge on any atom is -0.290 e. The molecule has 5 aromatic carbocycles. The molecule has 0 radical (unpaired) electrons. The maximum atomic E-state index is 13.8. The lowest BCUT2D eigenvalue weighted by atomic mass is 10.2. The first kappa shape index (κ1) is 33.4. The van der Waals surface area contributed by atoms with E-state index in [1.807, 2.05) is 84.9 Å². The second-order valence-corrected chi connectivity index (χ2v) is 15.2. The third-order valence-electron chi connectivity index (χ3n) is 6.45. The second kappa shape index (κ2) is 15.5. The Labute approximate surface area is 268 Å². The summed E-state index contributed by atoms with van der Waals surface area (Å²) in [5.41, 5.74) is 2.47. The van der Waals surface area contributed by atoms with Crippen molar-refractivity contribution in [3.8, 4) is 0 Å². The Morgan fingerprint density at radius 3 is 1.39 bits per heavy atom. The van der Waals surface area contributed by atoms with Gasteiger partial charge in [-0.05, 0) is 67.6 Å². The van der Waals surface area contributed by atoms with Crippen LogP contribution in [-0.2, 0) is 0 Å². The van der Waals surface area contributed by atoms with E-state index in [9.17, 15) is 4.79 Å². The van der Waals surface area contributed by atoms with Gasteiger partial charge >= 0.3 is 0 Å². The number of amides is 1. The van der Waals surface area contributed by atoms with Gasteiger partial charge in [0, 0.05) is 10.5 Å². The van der Waals surface area contributed by atoms with E-state index in [0.717, 1.165) is 20.8 Å². The molecule has 0 aromatic heterocycles. The predicted octanol–water partition coefficient (Wildman–Crippen LogP) is 3.12. The van der Waals surface area contributed by atoms with Crippen molar-refractivity contribution in [3.63, 3.8) is 0 Å². The molecule has 0 unspecified atom stereocenters. The van der Waals surface area contributed by atoms with E-state index in [-0.39, 0.29) is 5.91 Å². The highest BCUT2D eigenvalue weighted by atomic mass is 35.7. The van der Waals surface area contributed by atoms with Gasteiger partial charge < -0.3 is 0 Å². The van der Waals surface area contributed by atoms with Crippen LogP contribution in [0, 0.1) is 17.2 Å². The quantitative estimate of drug-likeness (QED) is 0.201. The summed E-state index contributed by atoms with van der Waals surface area (Å²) in [6.07, 6.45) is 0. The lowest BCUT2D eigenvalue weighted by Gasteiger charge is -2.30. The van der Waals surface area contributed by atoms with E-state index in [4.69, 9.17) is 30.2 Å². The van der Waals surface area contributed by atoms with Gasteiger partial charge in [0.05, 0.1) is 0 Å². The van der Waals surface area contributed by atoms with Crippen LogP contribution in [0.15, 0.2) is 160 Å². The van der Waals surface area contributed by atoms with Crippen molar-refractivity contribution >= 4 is 52.4 Å². The molecule has 10 heteroatoms. The van der Waals surface area contributed by atoms with Crippen LogP contribution in [0.5, 0.6) is 0 Å². The molecule has 0 heterocycles. The fourth-order valence-corrected chi connectivity index (χ4v) is 10.5. The number of thioether (sulfide) groups is 1. The van der Waals surface area contributed by atoms with Crippen LogP contribution < -0.4 is 39.9 Å².